The van der Waals surface area contributed by atoms with E-state index in [1.165, 1.54) is 4.90 Å². The second-order valence-corrected chi connectivity index (χ2v) is 8.83. The van der Waals surface area contributed by atoms with Crippen LogP contribution in [0.4, 0.5) is 0 Å². The molecule has 0 spiro atoms. The molecule has 3 rings (SSSR count). The minimum absolute atomic E-state index is 0.0202. The molecule has 1 saturated heterocycles. The van der Waals surface area contributed by atoms with Gasteiger partial charge in [-0.1, -0.05) is 23.7 Å². The van der Waals surface area contributed by atoms with Crippen molar-refractivity contribution in [2.24, 2.45) is 0 Å². The van der Waals surface area contributed by atoms with Gasteiger partial charge in [0.05, 0.1) is 17.7 Å². The summed E-state index contributed by atoms with van der Waals surface area (Å²) >= 11 is 6.05. The first kappa shape index (κ1) is 23.8. The predicted octanol–water partition coefficient (Wildman–Crippen LogP) is 4.50. The Morgan fingerprint density at radius 2 is 1.72 bits per heavy atom. The molecular weight excluding hydrogens is 428 g/mol. The molecule has 1 heterocycles. The average molecular weight is 457 g/mol. The molecule has 1 aliphatic heterocycles. The van der Waals surface area contributed by atoms with Crippen LogP contribution in [0.15, 0.2) is 54.1 Å². The van der Waals surface area contributed by atoms with E-state index in [2.05, 4.69) is 0 Å². The van der Waals surface area contributed by atoms with Crippen LogP contribution < -0.4 is 4.74 Å². The molecule has 1 aliphatic rings. The summed E-state index contributed by atoms with van der Waals surface area (Å²) in [6.45, 7) is 5.02. The van der Waals surface area contributed by atoms with E-state index in [9.17, 15) is 14.7 Å². The van der Waals surface area contributed by atoms with Crippen LogP contribution in [0.3, 0.4) is 0 Å². The third-order valence-electron chi connectivity index (χ3n) is 5.23. The second kappa shape index (κ2) is 10.2. The summed E-state index contributed by atoms with van der Waals surface area (Å²) in [6, 6.07) is 13.2. The molecular formula is C25H29ClN2O4. The maximum absolute atomic E-state index is 13.0. The van der Waals surface area contributed by atoms with Gasteiger partial charge in [-0.3, -0.25) is 9.59 Å². The van der Waals surface area contributed by atoms with Gasteiger partial charge in [0, 0.05) is 17.1 Å². The Balaban J connectivity index is 2.03. The highest BCUT2D eigenvalue weighted by Crippen LogP contribution is 2.39. The highest BCUT2D eigenvalue weighted by atomic mass is 35.5. The van der Waals surface area contributed by atoms with Crippen LogP contribution in [0.1, 0.15) is 37.4 Å². The van der Waals surface area contributed by atoms with Crippen molar-refractivity contribution in [3.05, 3.63) is 70.3 Å². The highest BCUT2D eigenvalue weighted by Gasteiger charge is 2.45. The van der Waals surface area contributed by atoms with E-state index in [0.29, 0.717) is 29.3 Å². The first-order valence-electron chi connectivity index (χ1n) is 10.6. The molecule has 0 aromatic heterocycles. The normalized spacial score (nSPS) is 18.1. The van der Waals surface area contributed by atoms with Gasteiger partial charge in [0.25, 0.3) is 11.7 Å². The Labute approximate surface area is 194 Å². The molecule has 1 atom stereocenters. The number of rotatable bonds is 8. The Kier molecular flexibility index (Phi) is 7.59. The Morgan fingerprint density at radius 3 is 2.28 bits per heavy atom. The smallest absolute Gasteiger partial charge is 0.295 e. The third-order valence-corrected chi connectivity index (χ3v) is 5.48. The number of ketones is 1. The molecule has 0 saturated carbocycles. The molecule has 0 bridgehead atoms. The summed E-state index contributed by atoms with van der Waals surface area (Å²) in [5, 5.41) is 11.7. The molecule has 170 valence electrons. The van der Waals surface area contributed by atoms with Crippen molar-refractivity contribution in [1.29, 1.82) is 0 Å². The standard InChI is InChI=1S/C25H29ClN2O4/c1-16(2)32-20-12-8-18(9-13-20)23(29)21-22(17-6-10-19(26)11-7-17)28(25(31)24(21)30)15-5-14-27(3)4/h6-13,16,22,29H,5,14-15H2,1-4H3/b23-21+/t22-/m0/s1. The van der Waals surface area contributed by atoms with Crippen LogP contribution in [0.25, 0.3) is 5.76 Å². The zero-order chi connectivity index (χ0) is 23.4. The zero-order valence-corrected chi connectivity index (χ0v) is 19.6. The van der Waals surface area contributed by atoms with Crippen molar-refractivity contribution in [2.75, 3.05) is 27.2 Å². The molecule has 6 nitrogen and oxygen atoms in total. The fourth-order valence-electron chi connectivity index (χ4n) is 3.78. The maximum Gasteiger partial charge on any atom is 0.295 e. The fourth-order valence-corrected chi connectivity index (χ4v) is 3.90. The number of carbonyl (C=O) groups is 2. The number of amides is 1. The number of aliphatic hydroxyl groups is 1. The Hall–Kier alpha value is -2.83. The quantitative estimate of drug-likeness (QED) is 0.360. The first-order valence-corrected chi connectivity index (χ1v) is 11.0. The summed E-state index contributed by atoms with van der Waals surface area (Å²) in [7, 11) is 3.91. The number of ether oxygens (including phenoxy) is 1. The number of nitrogens with zero attached hydrogens (tertiary/aromatic N) is 2. The van der Waals surface area contributed by atoms with E-state index >= 15 is 0 Å². The van der Waals surface area contributed by atoms with E-state index in [0.717, 1.165) is 12.1 Å². The van der Waals surface area contributed by atoms with E-state index in [1.54, 1.807) is 48.5 Å². The second-order valence-electron chi connectivity index (χ2n) is 8.39. The molecule has 2 aromatic rings. The average Bonchev–Trinajstić information content (AvgIpc) is 2.99. The fraction of sp³-hybridized carbons (Fsp3) is 0.360. The molecule has 0 aliphatic carbocycles. The number of aliphatic hydroxyl groups excluding tert-OH is 1. The highest BCUT2D eigenvalue weighted by molar-refractivity contribution is 6.46. The van der Waals surface area contributed by atoms with Crippen molar-refractivity contribution in [3.63, 3.8) is 0 Å². The van der Waals surface area contributed by atoms with Gasteiger partial charge >= 0.3 is 0 Å². The molecule has 32 heavy (non-hydrogen) atoms. The molecule has 2 aromatic carbocycles. The van der Waals surface area contributed by atoms with Crippen LogP contribution in [-0.4, -0.2) is 59.9 Å². The number of hydrogen-bond acceptors (Lipinski definition) is 5. The largest absolute Gasteiger partial charge is 0.507 e. The van der Waals surface area contributed by atoms with Gasteiger partial charge in [0.2, 0.25) is 0 Å². The van der Waals surface area contributed by atoms with Crippen molar-refractivity contribution in [2.45, 2.75) is 32.4 Å². The minimum Gasteiger partial charge on any atom is -0.507 e. The SMILES string of the molecule is CC(C)Oc1ccc(/C(O)=C2\C(=O)C(=O)N(CCCN(C)C)[C@H]2c2ccc(Cl)cc2)cc1. The summed E-state index contributed by atoms with van der Waals surface area (Å²) in [5.74, 6) is -0.829. The van der Waals surface area contributed by atoms with Gasteiger partial charge in [-0.25, -0.2) is 0 Å². The number of likely N-dealkylation sites (tertiary alicyclic amines) is 1. The van der Waals surface area contributed by atoms with E-state index in [4.69, 9.17) is 16.3 Å². The lowest BCUT2D eigenvalue weighted by Gasteiger charge is -2.26. The molecule has 0 unspecified atom stereocenters. The molecule has 1 fully saturated rings. The number of Topliss-reactive ketones (excluding diaryl/α,β-unsaturated/α-hetero) is 1. The van der Waals surface area contributed by atoms with E-state index in [-0.39, 0.29) is 17.4 Å². The van der Waals surface area contributed by atoms with Crippen LogP contribution in [0.5, 0.6) is 5.75 Å². The Morgan fingerprint density at radius 1 is 1.09 bits per heavy atom. The summed E-state index contributed by atoms with van der Waals surface area (Å²) in [4.78, 5) is 29.5. The lowest BCUT2D eigenvalue weighted by Crippen LogP contribution is -2.32. The lowest BCUT2D eigenvalue weighted by atomic mass is 9.95. The maximum atomic E-state index is 13.0. The molecule has 0 radical (unpaired) electrons. The van der Waals surface area contributed by atoms with Gasteiger partial charge in [0.1, 0.15) is 11.5 Å². The summed E-state index contributed by atoms with van der Waals surface area (Å²) in [5.41, 5.74) is 1.26. The zero-order valence-electron chi connectivity index (χ0n) is 18.8. The number of hydrogen-bond donors (Lipinski definition) is 1. The third kappa shape index (κ3) is 5.31. The number of benzene rings is 2. The predicted molar refractivity (Wildman–Crippen MR) is 126 cm³/mol. The van der Waals surface area contributed by atoms with Crippen LogP contribution in [0, 0.1) is 0 Å². The minimum atomic E-state index is -0.685. The van der Waals surface area contributed by atoms with Gasteiger partial charge in [-0.2, -0.15) is 0 Å². The van der Waals surface area contributed by atoms with Gasteiger partial charge in [-0.05, 0) is 82.9 Å². The first-order chi connectivity index (χ1) is 15.2. The summed E-state index contributed by atoms with van der Waals surface area (Å²) in [6.07, 6.45) is 0.720. The van der Waals surface area contributed by atoms with Crippen LogP contribution in [-0.2, 0) is 9.59 Å². The number of halogens is 1. The van der Waals surface area contributed by atoms with Gasteiger partial charge < -0.3 is 19.6 Å². The number of carbonyl (C=O) groups excluding carboxylic acids is 2. The lowest BCUT2D eigenvalue weighted by molar-refractivity contribution is -0.139. The van der Waals surface area contributed by atoms with Crippen molar-refractivity contribution in [3.8, 4) is 5.75 Å². The molecule has 7 heteroatoms. The van der Waals surface area contributed by atoms with E-state index in [1.807, 2.05) is 32.8 Å². The topological polar surface area (TPSA) is 70.1 Å². The summed E-state index contributed by atoms with van der Waals surface area (Å²) < 4.78 is 5.65. The van der Waals surface area contributed by atoms with Gasteiger partial charge in [0.15, 0.2) is 0 Å². The monoisotopic (exact) mass is 456 g/mol. The van der Waals surface area contributed by atoms with Gasteiger partial charge in [-0.15, -0.1) is 0 Å². The molecule has 1 N–H and O–H groups in total. The van der Waals surface area contributed by atoms with Crippen molar-refractivity contribution < 1.29 is 19.4 Å². The van der Waals surface area contributed by atoms with E-state index < -0.39 is 17.7 Å². The van der Waals surface area contributed by atoms with Crippen LogP contribution >= 0.6 is 11.6 Å². The van der Waals surface area contributed by atoms with Crippen molar-refractivity contribution >= 4 is 29.1 Å². The molecule has 1 amide bonds. The Bertz CT molecular complexity index is 998. The van der Waals surface area contributed by atoms with Crippen molar-refractivity contribution in [1.82, 2.24) is 9.80 Å². The van der Waals surface area contributed by atoms with Crippen LogP contribution in [0.2, 0.25) is 5.02 Å².